The molecule has 0 aliphatic carbocycles. The number of H-pyrrole nitrogens is 1. The number of rotatable bonds is 5. The number of nitrogens with zero attached hydrogens (tertiary/aromatic N) is 5. The second kappa shape index (κ2) is 7.65. The highest BCUT2D eigenvalue weighted by Crippen LogP contribution is 2.16. The van der Waals surface area contributed by atoms with Crippen LogP contribution in [0.3, 0.4) is 0 Å². The highest BCUT2D eigenvalue weighted by atomic mass is 16.2. The summed E-state index contributed by atoms with van der Waals surface area (Å²) in [7, 11) is 5.55. The Morgan fingerprint density at radius 2 is 2.12 bits per heavy atom. The molecule has 0 saturated carbocycles. The van der Waals surface area contributed by atoms with Crippen molar-refractivity contribution in [1.29, 1.82) is 0 Å². The van der Waals surface area contributed by atoms with Crippen LogP contribution in [0.25, 0.3) is 0 Å². The lowest BCUT2D eigenvalue weighted by Crippen LogP contribution is -2.43. The minimum atomic E-state index is -0.113. The Labute approximate surface area is 152 Å². The molecule has 0 atom stereocenters. The number of nitrogens with one attached hydrogen (secondary N) is 1. The first-order valence-electron chi connectivity index (χ1n) is 8.59. The van der Waals surface area contributed by atoms with Gasteiger partial charge in [0, 0.05) is 38.9 Å². The molecule has 1 aliphatic rings. The predicted molar refractivity (Wildman–Crippen MR) is 98.9 cm³/mol. The SMILES string of the molecule is CN(CC(=O)N1CCc2c(nc(N(C)C)[nH]c2=O)C1)Cc1ccccn1. The van der Waals surface area contributed by atoms with E-state index in [1.807, 2.05) is 44.2 Å². The molecule has 1 N–H and O–H groups in total. The monoisotopic (exact) mass is 356 g/mol. The van der Waals surface area contributed by atoms with E-state index in [9.17, 15) is 9.59 Å². The summed E-state index contributed by atoms with van der Waals surface area (Å²) in [5, 5.41) is 0. The number of aromatic amines is 1. The predicted octanol–water partition coefficient (Wildman–Crippen LogP) is 0.248. The molecule has 8 nitrogen and oxygen atoms in total. The van der Waals surface area contributed by atoms with Gasteiger partial charge in [-0.25, -0.2) is 4.98 Å². The molecule has 3 heterocycles. The number of pyridine rings is 1. The van der Waals surface area contributed by atoms with Crippen LogP contribution in [-0.2, 0) is 24.3 Å². The minimum absolute atomic E-state index is 0.0302. The lowest BCUT2D eigenvalue weighted by atomic mass is 10.1. The van der Waals surface area contributed by atoms with Crippen LogP contribution in [0.15, 0.2) is 29.2 Å². The smallest absolute Gasteiger partial charge is 0.255 e. The van der Waals surface area contributed by atoms with Gasteiger partial charge in [-0.1, -0.05) is 6.07 Å². The molecule has 26 heavy (non-hydrogen) atoms. The van der Waals surface area contributed by atoms with Gasteiger partial charge in [0.1, 0.15) is 0 Å². The van der Waals surface area contributed by atoms with Crippen molar-refractivity contribution in [1.82, 2.24) is 24.8 Å². The average molecular weight is 356 g/mol. The molecule has 2 aromatic rings. The van der Waals surface area contributed by atoms with Gasteiger partial charge in [0.15, 0.2) is 0 Å². The molecule has 3 rings (SSSR count). The van der Waals surface area contributed by atoms with Crippen LogP contribution >= 0.6 is 0 Å². The zero-order chi connectivity index (χ0) is 18.7. The van der Waals surface area contributed by atoms with Gasteiger partial charge in [-0.3, -0.25) is 24.5 Å². The van der Waals surface area contributed by atoms with Gasteiger partial charge < -0.3 is 9.80 Å². The first-order valence-corrected chi connectivity index (χ1v) is 8.59. The van der Waals surface area contributed by atoms with E-state index in [1.54, 1.807) is 16.0 Å². The maximum atomic E-state index is 12.7. The van der Waals surface area contributed by atoms with E-state index in [-0.39, 0.29) is 11.5 Å². The molecule has 1 amide bonds. The zero-order valence-corrected chi connectivity index (χ0v) is 15.4. The van der Waals surface area contributed by atoms with Crippen LogP contribution in [0.4, 0.5) is 5.95 Å². The molecular weight excluding hydrogens is 332 g/mol. The maximum Gasteiger partial charge on any atom is 0.255 e. The first kappa shape index (κ1) is 18.1. The number of carbonyl (C=O) groups is 1. The largest absolute Gasteiger partial charge is 0.348 e. The van der Waals surface area contributed by atoms with E-state index in [1.165, 1.54) is 0 Å². The van der Waals surface area contributed by atoms with Crippen LogP contribution in [0.2, 0.25) is 0 Å². The van der Waals surface area contributed by atoms with Crippen molar-refractivity contribution < 1.29 is 4.79 Å². The third-order valence-corrected chi connectivity index (χ3v) is 4.40. The minimum Gasteiger partial charge on any atom is -0.348 e. The quantitative estimate of drug-likeness (QED) is 0.826. The van der Waals surface area contributed by atoms with Crippen molar-refractivity contribution >= 4 is 11.9 Å². The van der Waals surface area contributed by atoms with Gasteiger partial charge >= 0.3 is 0 Å². The molecule has 0 spiro atoms. The Kier molecular flexibility index (Phi) is 5.32. The Morgan fingerprint density at radius 3 is 2.81 bits per heavy atom. The van der Waals surface area contributed by atoms with Gasteiger partial charge in [0.05, 0.1) is 24.5 Å². The fourth-order valence-corrected chi connectivity index (χ4v) is 3.01. The van der Waals surface area contributed by atoms with E-state index in [0.29, 0.717) is 49.8 Å². The molecule has 0 bridgehead atoms. The molecular formula is C18H24N6O2. The number of hydrogen-bond acceptors (Lipinski definition) is 6. The molecule has 0 fully saturated rings. The molecule has 2 aromatic heterocycles. The van der Waals surface area contributed by atoms with Crippen LogP contribution < -0.4 is 10.5 Å². The van der Waals surface area contributed by atoms with E-state index in [4.69, 9.17) is 0 Å². The fourth-order valence-electron chi connectivity index (χ4n) is 3.01. The van der Waals surface area contributed by atoms with Gasteiger partial charge in [0.25, 0.3) is 5.56 Å². The highest BCUT2D eigenvalue weighted by Gasteiger charge is 2.25. The van der Waals surface area contributed by atoms with Crippen molar-refractivity contribution in [3.05, 3.63) is 51.7 Å². The summed E-state index contributed by atoms with van der Waals surface area (Å²) in [5.74, 6) is 0.540. The van der Waals surface area contributed by atoms with Crippen LogP contribution in [0.5, 0.6) is 0 Å². The summed E-state index contributed by atoms with van der Waals surface area (Å²) in [5.41, 5.74) is 2.18. The number of fused-ring (bicyclic) bond motifs is 1. The Hall–Kier alpha value is -2.74. The highest BCUT2D eigenvalue weighted by molar-refractivity contribution is 5.78. The van der Waals surface area contributed by atoms with Crippen molar-refractivity contribution in [2.24, 2.45) is 0 Å². The molecule has 0 aromatic carbocycles. The van der Waals surface area contributed by atoms with Crippen molar-refractivity contribution in [3.8, 4) is 0 Å². The van der Waals surface area contributed by atoms with Crippen molar-refractivity contribution in [2.45, 2.75) is 19.5 Å². The Bertz CT molecular complexity index is 833. The number of carbonyl (C=O) groups excluding carboxylic acids is 1. The third-order valence-electron chi connectivity index (χ3n) is 4.40. The summed E-state index contributed by atoms with van der Waals surface area (Å²) in [6, 6.07) is 5.75. The zero-order valence-electron chi connectivity index (χ0n) is 15.4. The molecule has 0 unspecified atom stereocenters. The van der Waals surface area contributed by atoms with Crippen molar-refractivity contribution in [2.75, 3.05) is 39.1 Å². The normalized spacial score (nSPS) is 13.6. The second-order valence-electron chi connectivity index (χ2n) is 6.77. The summed E-state index contributed by atoms with van der Waals surface area (Å²) in [4.78, 5) is 41.9. The maximum absolute atomic E-state index is 12.7. The molecule has 0 radical (unpaired) electrons. The topological polar surface area (TPSA) is 85.4 Å². The number of likely N-dealkylation sites (N-methyl/N-ethyl adjacent to an activating group) is 1. The first-order chi connectivity index (χ1) is 12.4. The van der Waals surface area contributed by atoms with Gasteiger partial charge in [0.2, 0.25) is 11.9 Å². The number of amides is 1. The van der Waals surface area contributed by atoms with E-state index >= 15 is 0 Å². The van der Waals surface area contributed by atoms with Crippen LogP contribution in [0, 0.1) is 0 Å². The van der Waals surface area contributed by atoms with Gasteiger partial charge in [-0.15, -0.1) is 0 Å². The van der Waals surface area contributed by atoms with Gasteiger partial charge in [-0.2, -0.15) is 0 Å². The van der Waals surface area contributed by atoms with E-state index in [0.717, 1.165) is 5.69 Å². The standard InChI is InChI=1S/C18H24N6O2/c1-22(2)18-20-15-11-24(9-7-14(15)17(26)21-18)16(25)12-23(3)10-13-6-4-5-8-19-13/h4-6,8H,7,9-12H2,1-3H3,(H,20,21,26). The number of aromatic nitrogens is 3. The molecule has 1 aliphatic heterocycles. The lowest BCUT2D eigenvalue weighted by Gasteiger charge is -2.29. The van der Waals surface area contributed by atoms with Gasteiger partial charge in [-0.05, 0) is 25.6 Å². The number of hydrogen-bond donors (Lipinski definition) is 1. The summed E-state index contributed by atoms with van der Waals surface area (Å²) < 4.78 is 0. The van der Waals surface area contributed by atoms with E-state index in [2.05, 4.69) is 15.0 Å². The van der Waals surface area contributed by atoms with Crippen LogP contribution in [-0.4, -0.2) is 64.9 Å². The average Bonchev–Trinajstić information content (AvgIpc) is 2.61. The number of anilines is 1. The van der Waals surface area contributed by atoms with Crippen molar-refractivity contribution in [3.63, 3.8) is 0 Å². The summed E-state index contributed by atoms with van der Waals surface area (Å²) >= 11 is 0. The second-order valence-corrected chi connectivity index (χ2v) is 6.77. The molecule has 8 heteroatoms. The van der Waals surface area contributed by atoms with Crippen LogP contribution in [0.1, 0.15) is 17.0 Å². The fraction of sp³-hybridized carbons (Fsp3) is 0.444. The molecule has 0 saturated heterocycles. The van der Waals surface area contributed by atoms with E-state index < -0.39 is 0 Å². The Morgan fingerprint density at radius 1 is 1.31 bits per heavy atom. The summed E-state index contributed by atoms with van der Waals surface area (Å²) in [6.45, 7) is 1.82. The Balaban J connectivity index is 1.66. The third kappa shape index (κ3) is 4.08. The summed E-state index contributed by atoms with van der Waals surface area (Å²) in [6.07, 6.45) is 2.28. The molecule has 138 valence electrons. The lowest BCUT2D eigenvalue weighted by molar-refractivity contribution is -0.133.